The van der Waals surface area contributed by atoms with Crippen molar-refractivity contribution in [2.45, 2.75) is 64.5 Å². The van der Waals surface area contributed by atoms with E-state index in [0.29, 0.717) is 24.8 Å². The Hall–Kier alpha value is -2.17. The van der Waals surface area contributed by atoms with Crippen molar-refractivity contribution in [2.75, 3.05) is 0 Å². The van der Waals surface area contributed by atoms with Crippen molar-refractivity contribution >= 4 is 5.91 Å². The maximum Gasteiger partial charge on any atom is 0.222 e. The van der Waals surface area contributed by atoms with Gasteiger partial charge in [-0.15, -0.1) is 0 Å². The van der Waals surface area contributed by atoms with Crippen LogP contribution in [0.3, 0.4) is 0 Å². The van der Waals surface area contributed by atoms with Crippen LogP contribution >= 0.6 is 0 Å². The lowest BCUT2D eigenvalue weighted by atomic mass is 9.53. The molecule has 2 unspecified atom stereocenters. The molecule has 1 aromatic carbocycles. The van der Waals surface area contributed by atoms with Gasteiger partial charge in [-0.3, -0.25) is 4.79 Å². The van der Waals surface area contributed by atoms with Crippen LogP contribution in [0.2, 0.25) is 0 Å². The van der Waals surface area contributed by atoms with Crippen LogP contribution in [0.15, 0.2) is 30.3 Å². The number of aryl methyl sites for hydroxylation is 3. The van der Waals surface area contributed by atoms with Crippen LogP contribution in [0.4, 0.5) is 0 Å². The van der Waals surface area contributed by atoms with Crippen LogP contribution < -0.4 is 5.32 Å². The van der Waals surface area contributed by atoms with Gasteiger partial charge in [0.2, 0.25) is 5.91 Å². The van der Waals surface area contributed by atoms with Gasteiger partial charge in [-0.05, 0) is 44.1 Å². The first kappa shape index (κ1) is 17.3. The zero-order chi connectivity index (χ0) is 18.1. The largest absolute Gasteiger partial charge is 0.352 e. The molecule has 0 bridgehead atoms. The first-order chi connectivity index (χ1) is 12.6. The summed E-state index contributed by atoms with van der Waals surface area (Å²) in [5.74, 6) is 3.61. The molecule has 0 spiro atoms. The zero-order valence-corrected chi connectivity index (χ0v) is 15.7. The van der Waals surface area contributed by atoms with Crippen LogP contribution in [-0.2, 0) is 11.3 Å². The van der Waals surface area contributed by atoms with E-state index in [1.807, 2.05) is 18.5 Å². The molecule has 0 aliphatic heterocycles. The number of carbonyl (C=O) groups excluding carboxylic acids is 1. The first-order valence-corrected chi connectivity index (χ1v) is 9.86. The highest BCUT2D eigenvalue weighted by Crippen LogP contribution is 2.54. The highest BCUT2D eigenvalue weighted by Gasteiger charge is 2.51. The average molecular weight is 352 g/mol. The smallest absolute Gasteiger partial charge is 0.222 e. The Bertz CT molecular complexity index is 770. The number of benzene rings is 1. The molecular formula is C21H28N4O. The Morgan fingerprint density at radius 3 is 2.58 bits per heavy atom. The Balaban J connectivity index is 1.41. The van der Waals surface area contributed by atoms with Crippen molar-refractivity contribution in [1.82, 2.24) is 20.1 Å². The van der Waals surface area contributed by atoms with E-state index in [2.05, 4.69) is 45.7 Å². The number of nitrogens with one attached hydrogen (secondary N) is 1. The minimum atomic E-state index is 0.132. The third-order valence-electron chi connectivity index (χ3n) is 6.21. The summed E-state index contributed by atoms with van der Waals surface area (Å²) < 4.78 is 1.83. The summed E-state index contributed by atoms with van der Waals surface area (Å²) in [6.45, 7) is 4.41. The van der Waals surface area contributed by atoms with Gasteiger partial charge < -0.3 is 5.32 Å². The maximum atomic E-state index is 12.6. The Kier molecular flexibility index (Phi) is 4.79. The van der Waals surface area contributed by atoms with Crippen LogP contribution in [-0.4, -0.2) is 26.7 Å². The Morgan fingerprint density at radius 2 is 1.88 bits per heavy atom. The second kappa shape index (κ2) is 7.22. The van der Waals surface area contributed by atoms with Crippen molar-refractivity contribution in [3.63, 3.8) is 0 Å². The second-order valence-electron chi connectivity index (χ2n) is 7.82. The monoisotopic (exact) mass is 352 g/mol. The van der Waals surface area contributed by atoms with E-state index in [4.69, 9.17) is 0 Å². The number of amides is 1. The lowest BCUT2D eigenvalue weighted by Gasteiger charge is -2.55. The third kappa shape index (κ3) is 3.27. The minimum Gasteiger partial charge on any atom is -0.352 e. The third-order valence-corrected chi connectivity index (χ3v) is 6.21. The highest BCUT2D eigenvalue weighted by molar-refractivity contribution is 5.76. The predicted molar refractivity (Wildman–Crippen MR) is 101 cm³/mol. The molecule has 4 rings (SSSR count). The fourth-order valence-corrected chi connectivity index (χ4v) is 5.03. The summed E-state index contributed by atoms with van der Waals surface area (Å²) >= 11 is 0. The highest BCUT2D eigenvalue weighted by atomic mass is 16.1. The van der Waals surface area contributed by atoms with Gasteiger partial charge in [-0.25, -0.2) is 9.67 Å². The van der Waals surface area contributed by atoms with Gasteiger partial charge in [-0.2, -0.15) is 5.10 Å². The van der Waals surface area contributed by atoms with E-state index >= 15 is 0 Å². The molecule has 5 nitrogen and oxygen atoms in total. The molecule has 138 valence electrons. The minimum absolute atomic E-state index is 0.132. The lowest BCUT2D eigenvalue weighted by molar-refractivity contribution is -0.125. The summed E-state index contributed by atoms with van der Waals surface area (Å²) in [6, 6.07) is 11.0. The quantitative estimate of drug-likeness (QED) is 0.897. The topological polar surface area (TPSA) is 59.8 Å². The molecule has 2 aromatic rings. The number of carbonyl (C=O) groups is 1. The molecule has 1 N–H and O–H groups in total. The lowest BCUT2D eigenvalue weighted by Crippen LogP contribution is -2.59. The van der Waals surface area contributed by atoms with E-state index in [0.717, 1.165) is 17.6 Å². The molecule has 2 aliphatic rings. The first-order valence-electron chi connectivity index (χ1n) is 9.86. The number of hydrogen-bond acceptors (Lipinski definition) is 3. The molecule has 2 fully saturated rings. The van der Waals surface area contributed by atoms with Crippen molar-refractivity contribution in [1.29, 1.82) is 0 Å². The molecule has 0 saturated heterocycles. The summed E-state index contributed by atoms with van der Waals surface area (Å²) in [5.41, 5.74) is 1.38. The number of fused-ring (bicyclic) bond motifs is 1. The second-order valence-corrected chi connectivity index (χ2v) is 7.82. The molecule has 26 heavy (non-hydrogen) atoms. The number of aromatic nitrogens is 3. The molecule has 5 heteroatoms. The van der Waals surface area contributed by atoms with Crippen LogP contribution in [0.1, 0.15) is 55.2 Å². The molecule has 4 atom stereocenters. The molecule has 1 heterocycles. The van der Waals surface area contributed by atoms with E-state index < -0.39 is 0 Å². The Morgan fingerprint density at radius 1 is 1.15 bits per heavy atom. The normalized spacial score (nSPS) is 27.5. The van der Waals surface area contributed by atoms with Gasteiger partial charge in [-0.1, -0.05) is 43.2 Å². The van der Waals surface area contributed by atoms with Gasteiger partial charge in [0, 0.05) is 18.4 Å². The van der Waals surface area contributed by atoms with Crippen molar-refractivity contribution in [3.8, 4) is 0 Å². The van der Waals surface area contributed by atoms with E-state index in [-0.39, 0.29) is 11.9 Å². The number of nitrogens with zero attached hydrogens (tertiary/aromatic N) is 3. The van der Waals surface area contributed by atoms with Crippen LogP contribution in [0, 0.1) is 25.7 Å². The zero-order valence-electron chi connectivity index (χ0n) is 15.7. The van der Waals surface area contributed by atoms with E-state index in [1.165, 1.54) is 31.2 Å². The fourth-order valence-electron chi connectivity index (χ4n) is 5.03. The number of rotatable bonds is 5. The van der Waals surface area contributed by atoms with Gasteiger partial charge in [0.15, 0.2) is 0 Å². The summed E-state index contributed by atoms with van der Waals surface area (Å²) in [5, 5.41) is 7.71. The standard InChI is InChI=1S/C21H28N4O/c1-14-22-15(2)25(24-14)13-12-19(26)23-21-18-11-7-6-10-17(18)20(21)16-8-4-3-5-9-16/h3-5,8-9,17-18,20-21H,6-7,10-13H2,1-2H3,(H,23,26)/t17?,18?,20-,21-/m0/s1. The SMILES string of the molecule is Cc1nc(C)n(CCC(=O)N[C@H]2C3CCCCC3[C@@H]2c2ccccc2)n1. The van der Waals surface area contributed by atoms with E-state index in [9.17, 15) is 4.79 Å². The maximum absolute atomic E-state index is 12.6. The van der Waals surface area contributed by atoms with Crippen LogP contribution in [0.5, 0.6) is 0 Å². The van der Waals surface area contributed by atoms with Gasteiger partial charge >= 0.3 is 0 Å². The van der Waals surface area contributed by atoms with Crippen molar-refractivity contribution in [3.05, 3.63) is 47.5 Å². The molecule has 1 aromatic heterocycles. The van der Waals surface area contributed by atoms with Crippen molar-refractivity contribution < 1.29 is 4.79 Å². The van der Waals surface area contributed by atoms with Crippen molar-refractivity contribution in [2.24, 2.45) is 11.8 Å². The fraction of sp³-hybridized carbons (Fsp3) is 0.571. The van der Waals surface area contributed by atoms with Crippen LogP contribution in [0.25, 0.3) is 0 Å². The molecule has 1 amide bonds. The molecular weight excluding hydrogens is 324 g/mol. The van der Waals surface area contributed by atoms with Gasteiger partial charge in [0.05, 0.1) is 6.54 Å². The molecule has 2 saturated carbocycles. The average Bonchev–Trinajstić information content (AvgIpc) is 2.96. The number of hydrogen-bond donors (Lipinski definition) is 1. The van der Waals surface area contributed by atoms with Gasteiger partial charge in [0.1, 0.15) is 11.6 Å². The van der Waals surface area contributed by atoms with Gasteiger partial charge in [0.25, 0.3) is 0 Å². The Labute approximate surface area is 155 Å². The van der Waals surface area contributed by atoms with E-state index in [1.54, 1.807) is 0 Å². The molecule has 0 radical (unpaired) electrons. The summed E-state index contributed by atoms with van der Waals surface area (Å²) in [6.07, 6.45) is 5.63. The molecule has 2 aliphatic carbocycles. The predicted octanol–water partition coefficient (Wildman–Crippen LogP) is 3.37. The summed E-state index contributed by atoms with van der Waals surface area (Å²) in [7, 11) is 0. The summed E-state index contributed by atoms with van der Waals surface area (Å²) in [4.78, 5) is 16.9.